The summed E-state index contributed by atoms with van der Waals surface area (Å²) in [5.74, 6) is 0.103. The fourth-order valence-electron chi connectivity index (χ4n) is 4.53. The van der Waals surface area contributed by atoms with Gasteiger partial charge in [-0.1, -0.05) is 29.3 Å². The van der Waals surface area contributed by atoms with Gasteiger partial charge in [0, 0.05) is 24.5 Å². The number of thiophene rings is 1. The lowest BCUT2D eigenvalue weighted by Gasteiger charge is -2.35. The molecule has 1 unspecified atom stereocenters. The van der Waals surface area contributed by atoms with Crippen LogP contribution in [-0.4, -0.2) is 43.8 Å². The van der Waals surface area contributed by atoms with Gasteiger partial charge in [-0.2, -0.15) is 10.1 Å². The summed E-state index contributed by atoms with van der Waals surface area (Å²) in [5.41, 5.74) is 7.20. The zero-order valence-corrected chi connectivity index (χ0v) is 23.5. The quantitative estimate of drug-likeness (QED) is 0.248. The van der Waals surface area contributed by atoms with Gasteiger partial charge in [-0.3, -0.25) is 20.1 Å². The van der Waals surface area contributed by atoms with Crippen molar-refractivity contribution in [2.75, 3.05) is 18.5 Å². The fraction of sp³-hybridized carbons (Fsp3) is 0.360. The maximum atomic E-state index is 12.8. The van der Waals surface area contributed by atoms with Crippen molar-refractivity contribution in [2.24, 2.45) is 0 Å². The highest BCUT2D eigenvalue weighted by molar-refractivity contribution is 7.10. The highest BCUT2D eigenvalue weighted by Gasteiger charge is 2.26. The standard InChI is InChI=1S/C25H28Cl2N8O2S/c1-25(2,3)35-21-16(11-29-35)22(36)31-23(30-21)32-33-24(37)28-12-19(14-4-5-17(26)18(27)10-14)34-8-6-20-15(13-34)7-9-38-20/h4-5,7,9-11,19H,6,8,12-13H2,1-3H3,(H2,28,33,37)(H2,30,31,32,36). The normalized spacial score (nSPS) is 14.8. The summed E-state index contributed by atoms with van der Waals surface area (Å²) in [6.45, 7) is 7.85. The van der Waals surface area contributed by atoms with Gasteiger partial charge in [0.25, 0.3) is 5.56 Å². The van der Waals surface area contributed by atoms with Crippen molar-refractivity contribution in [1.82, 2.24) is 35.4 Å². The maximum Gasteiger partial charge on any atom is 0.333 e. The van der Waals surface area contributed by atoms with E-state index in [0.717, 1.165) is 25.1 Å². The molecule has 0 saturated carbocycles. The molecule has 0 aliphatic carbocycles. The van der Waals surface area contributed by atoms with Crippen molar-refractivity contribution in [3.8, 4) is 0 Å². The number of rotatable bonds is 6. The maximum absolute atomic E-state index is 12.8. The van der Waals surface area contributed by atoms with Crippen LogP contribution in [0.1, 0.15) is 42.8 Å². The molecule has 38 heavy (non-hydrogen) atoms. The Morgan fingerprint density at radius 2 is 2.05 bits per heavy atom. The number of aromatic amines is 1. The number of hydrogen-bond donors (Lipinski definition) is 4. The minimum absolute atomic E-state index is 0.103. The van der Waals surface area contributed by atoms with Crippen LogP contribution < -0.4 is 21.7 Å². The lowest BCUT2D eigenvalue weighted by molar-refractivity contribution is 0.175. The summed E-state index contributed by atoms with van der Waals surface area (Å²) >= 11 is 14.3. The summed E-state index contributed by atoms with van der Waals surface area (Å²) < 4.78 is 1.67. The predicted octanol–water partition coefficient (Wildman–Crippen LogP) is 4.67. The Labute approximate surface area is 233 Å². The molecule has 0 spiro atoms. The van der Waals surface area contributed by atoms with Crippen molar-refractivity contribution < 1.29 is 4.79 Å². The third-order valence-corrected chi connectivity index (χ3v) is 8.19. The lowest BCUT2D eigenvalue weighted by Crippen LogP contribution is -2.45. The minimum atomic E-state index is -0.477. The van der Waals surface area contributed by atoms with E-state index >= 15 is 0 Å². The highest BCUT2D eigenvalue weighted by atomic mass is 35.5. The number of fused-ring (bicyclic) bond motifs is 2. The van der Waals surface area contributed by atoms with Crippen LogP contribution in [0.5, 0.6) is 0 Å². The molecule has 2 amide bonds. The zero-order chi connectivity index (χ0) is 27.0. The van der Waals surface area contributed by atoms with Gasteiger partial charge in [-0.25, -0.2) is 14.9 Å². The second-order valence-corrected chi connectivity index (χ2v) is 11.9. The number of aromatic nitrogens is 4. The van der Waals surface area contributed by atoms with Gasteiger partial charge in [-0.15, -0.1) is 11.3 Å². The third kappa shape index (κ3) is 5.51. The van der Waals surface area contributed by atoms with Gasteiger partial charge in [0.2, 0.25) is 5.95 Å². The first-order chi connectivity index (χ1) is 18.1. The molecule has 3 aromatic heterocycles. The first kappa shape index (κ1) is 26.5. The predicted molar refractivity (Wildman–Crippen MR) is 151 cm³/mol. The van der Waals surface area contributed by atoms with Gasteiger partial charge < -0.3 is 5.32 Å². The first-order valence-electron chi connectivity index (χ1n) is 12.1. The number of nitrogens with one attached hydrogen (secondary N) is 4. The largest absolute Gasteiger partial charge is 0.335 e. The van der Waals surface area contributed by atoms with E-state index in [4.69, 9.17) is 23.2 Å². The highest BCUT2D eigenvalue weighted by Crippen LogP contribution is 2.32. The van der Waals surface area contributed by atoms with Crippen LogP contribution in [0.15, 0.2) is 40.6 Å². The number of hydrazine groups is 1. The molecular formula is C25H28Cl2N8O2S. The van der Waals surface area contributed by atoms with Crippen molar-refractivity contribution in [1.29, 1.82) is 0 Å². The number of hydrogen-bond acceptors (Lipinski definition) is 7. The van der Waals surface area contributed by atoms with Gasteiger partial charge in [0.1, 0.15) is 5.39 Å². The van der Waals surface area contributed by atoms with Gasteiger partial charge >= 0.3 is 6.03 Å². The van der Waals surface area contributed by atoms with Crippen LogP contribution in [0.4, 0.5) is 10.7 Å². The molecule has 4 aromatic rings. The molecule has 0 bridgehead atoms. The second kappa shape index (κ2) is 10.6. The number of nitrogens with zero attached hydrogens (tertiary/aromatic N) is 4. The third-order valence-electron chi connectivity index (χ3n) is 6.43. The first-order valence-corrected chi connectivity index (χ1v) is 13.8. The molecule has 0 fully saturated rings. The SMILES string of the molecule is CC(C)(C)n1ncc2c(=O)[nH]c(NNC(=O)NCC(c3ccc(Cl)c(Cl)c3)N3CCc4sccc4C3)nc21. The molecule has 5 rings (SSSR count). The van der Waals surface area contributed by atoms with E-state index in [2.05, 4.69) is 47.6 Å². The van der Waals surface area contributed by atoms with E-state index < -0.39 is 6.03 Å². The summed E-state index contributed by atoms with van der Waals surface area (Å²) in [6.07, 6.45) is 2.43. The monoisotopic (exact) mass is 574 g/mol. The molecular weight excluding hydrogens is 547 g/mol. The number of benzene rings is 1. The number of halogens is 2. The lowest BCUT2D eigenvalue weighted by atomic mass is 10.0. The van der Waals surface area contributed by atoms with E-state index in [1.807, 2.05) is 32.9 Å². The number of urea groups is 1. The van der Waals surface area contributed by atoms with Gasteiger partial charge in [0.15, 0.2) is 5.65 Å². The molecule has 1 aromatic carbocycles. The topological polar surface area (TPSA) is 120 Å². The molecule has 200 valence electrons. The molecule has 0 saturated heterocycles. The average molecular weight is 576 g/mol. The van der Waals surface area contributed by atoms with Crippen LogP contribution in [0.3, 0.4) is 0 Å². The van der Waals surface area contributed by atoms with Crippen LogP contribution in [0, 0.1) is 0 Å². The average Bonchev–Trinajstić information content (AvgIpc) is 3.52. The molecule has 10 nitrogen and oxygen atoms in total. The molecule has 4 N–H and O–H groups in total. The number of carbonyl (C=O) groups excluding carboxylic acids is 1. The molecule has 1 aliphatic heterocycles. The van der Waals surface area contributed by atoms with E-state index in [1.54, 1.807) is 22.1 Å². The van der Waals surface area contributed by atoms with E-state index in [9.17, 15) is 9.59 Å². The second-order valence-electron chi connectivity index (χ2n) is 10.1. The van der Waals surface area contributed by atoms with E-state index in [0.29, 0.717) is 27.6 Å². The summed E-state index contributed by atoms with van der Waals surface area (Å²) in [7, 11) is 0. The Kier molecular flexibility index (Phi) is 7.36. The number of H-pyrrole nitrogens is 1. The Hall–Kier alpha value is -3.12. The van der Waals surface area contributed by atoms with Gasteiger partial charge in [-0.05, 0) is 61.9 Å². The molecule has 0 radical (unpaired) electrons. The Balaban J connectivity index is 1.29. The van der Waals surface area contributed by atoms with E-state index in [-0.39, 0.29) is 23.1 Å². The van der Waals surface area contributed by atoms with E-state index in [1.165, 1.54) is 16.6 Å². The van der Waals surface area contributed by atoms with Crippen LogP contribution in [-0.2, 0) is 18.5 Å². The molecule has 1 aliphatic rings. The summed E-state index contributed by atoms with van der Waals surface area (Å²) in [4.78, 5) is 36.0. The fourth-order valence-corrected chi connectivity index (χ4v) is 5.73. The van der Waals surface area contributed by atoms with Crippen molar-refractivity contribution in [3.05, 3.63) is 72.2 Å². The summed E-state index contributed by atoms with van der Waals surface area (Å²) in [6, 6.07) is 7.10. The Morgan fingerprint density at radius 1 is 1.24 bits per heavy atom. The van der Waals surface area contributed by atoms with Crippen molar-refractivity contribution in [2.45, 2.75) is 45.3 Å². The minimum Gasteiger partial charge on any atom is -0.335 e. The smallest absolute Gasteiger partial charge is 0.333 e. The Morgan fingerprint density at radius 3 is 2.82 bits per heavy atom. The molecule has 1 atom stereocenters. The van der Waals surface area contributed by atoms with Crippen molar-refractivity contribution >= 4 is 57.6 Å². The molecule has 4 heterocycles. The zero-order valence-electron chi connectivity index (χ0n) is 21.1. The van der Waals surface area contributed by atoms with Gasteiger partial charge in [0.05, 0.1) is 27.8 Å². The van der Waals surface area contributed by atoms with Crippen LogP contribution in [0.25, 0.3) is 11.0 Å². The number of anilines is 1. The van der Waals surface area contributed by atoms with Crippen LogP contribution >= 0.6 is 34.5 Å². The summed E-state index contributed by atoms with van der Waals surface area (Å²) in [5, 5.41) is 10.6. The van der Waals surface area contributed by atoms with Crippen molar-refractivity contribution in [3.63, 3.8) is 0 Å². The molecule has 13 heteroatoms. The number of carbonyl (C=O) groups is 1. The number of amides is 2. The Bertz CT molecular complexity index is 1540. The van der Waals surface area contributed by atoms with Crippen LogP contribution in [0.2, 0.25) is 10.0 Å².